The third-order valence-electron chi connectivity index (χ3n) is 1.59. The minimum atomic E-state index is 0. The predicted molar refractivity (Wildman–Crippen MR) is 39.5 cm³/mol. The van der Waals surface area contributed by atoms with E-state index in [1.54, 1.807) is 0 Å². The summed E-state index contributed by atoms with van der Waals surface area (Å²) < 4.78 is 10.7. The fourth-order valence-corrected chi connectivity index (χ4v) is 1.06. The molecular formula is C8H15BrO2Zn. The van der Waals surface area contributed by atoms with Crippen molar-refractivity contribution >= 4 is 0 Å². The maximum atomic E-state index is 5.35. The van der Waals surface area contributed by atoms with Gasteiger partial charge in [0.05, 0.1) is 0 Å². The molecule has 1 heterocycles. The van der Waals surface area contributed by atoms with Crippen molar-refractivity contribution in [2.45, 2.75) is 32.0 Å². The summed E-state index contributed by atoms with van der Waals surface area (Å²) in [6, 6.07) is 0. The first-order valence-corrected chi connectivity index (χ1v) is 3.96. The van der Waals surface area contributed by atoms with Crippen LogP contribution in [0.25, 0.3) is 0 Å². The summed E-state index contributed by atoms with van der Waals surface area (Å²) in [6.45, 7) is 5.28. The number of rotatable bonds is 3. The number of hydrogen-bond donors (Lipinski definition) is 0. The largest absolute Gasteiger partial charge is 2.00 e. The Morgan fingerprint density at radius 1 is 1.42 bits per heavy atom. The topological polar surface area (TPSA) is 18.5 Å². The average Bonchev–Trinajstić information content (AvgIpc) is 2.03. The second-order valence-electron chi connectivity index (χ2n) is 2.52. The summed E-state index contributed by atoms with van der Waals surface area (Å²) >= 11 is 0. The molecule has 68 valence electrons. The van der Waals surface area contributed by atoms with Crippen molar-refractivity contribution in [2.24, 2.45) is 0 Å². The summed E-state index contributed by atoms with van der Waals surface area (Å²) in [7, 11) is 0. The normalized spacial score (nSPS) is 22.2. The first-order chi connectivity index (χ1) is 4.93. The maximum absolute atomic E-state index is 5.35. The van der Waals surface area contributed by atoms with Gasteiger partial charge in [-0.05, 0) is 19.3 Å². The summed E-state index contributed by atoms with van der Waals surface area (Å²) in [5.41, 5.74) is 0. The molecule has 0 radical (unpaired) electrons. The number of halogens is 1. The standard InChI is InChI=1S/C8H15O2.BrH.Zn/c1-2-6-9-8-5-3-4-7-10-8;;/h8H,1-7H2;1H;/q-1;;+2/p-1. The first kappa shape index (κ1) is 15.5. The molecule has 4 heteroatoms. The van der Waals surface area contributed by atoms with Crippen LogP contribution in [0, 0.1) is 6.92 Å². The van der Waals surface area contributed by atoms with Crippen molar-refractivity contribution in [3.05, 3.63) is 6.92 Å². The van der Waals surface area contributed by atoms with Crippen LogP contribution in [0.3, 0.4) is 0 Å². The summed E-state index contributed by atoms with van der Waals surface area (Å²) in [5, 5.41) is 0. The van der Waals surface area contributed by atoms with Crippen LogP contribution >= 0.6 is 0 Å². The second kappa shape index (κ2) is 10.1. The van der Waals surface area contributed by atoms with E-state index in [2.05, 4.69) is 6.92 Å². The van der Waals surface area contributed by atoms with E-state index in [0.717, 1.165) is 26.1 Å². The van der Waals surface area contributed by atoms with Gasteiger partial charge >= 0.3 is 19.5 Å². The van der Waals surface area contributed by atoms with Crippen LogP contribution < -0.4 is 17.0 Å². The van der Waals surface area contributed by atoms with E-state index in [1.807, 2.05) is 0 Å². The Kier molecular flexibility index (Phi) is 13.0. The van der Waals surface area contributed by atoms with Crippen molar-refractivity contribution < 1.29 is 45.9 Å². The molecule has 2 nitrogen and oxygen atoms in total. The molecule has 0 aromatic rings. The molecule has 0 amide bonds. The van der Waals surface area contributed by atoms with Crippen LogP contribution in [0.15, 0.2) is 0 Å². The molecule has 12 heavy (non-hydrogen) atoms. The molecule has 0 aliphatic carbocycles. The zero-order valence-electron chi connectivity index (χ0n) is 7.43. The van der Waals surface area contributed by atoms with Crippen LogP contribution in [0.1, 0.15) is 25.7 Å². The van der Waals surface area contributed by atoms with Gasteiger partial charge in [-0.25, -0.2) is 0 Å². The fraction of sp³-hybridized carbons (Fsp3) is 0.875. The number of ether oxygens (including phenoxy) is 2. The third-order valence-corrected chi connectivity index (χ3v) is 1.59. The van der Waals surface area contributed by atoms with E-state index in [9.17, 15) is 0 Å². The van der Waals surface area contributed by atoms with E-state index >= 15 is 0 Å². The van der Waals surface area contributed by atoms with Gasteiger partial charge in [0.15, 0.2) is 6.29 Å². The molecule has 0 spiro atoms. The molecule has 1 atom stereocenters. The summed E-state index contributed by atoms with van der Waals surface area (Å²) in [6.07, 6.45) is 4.38. The molecule has 0 saturated carbocycles. The molecular weight excluding hydrogens is 273 g/mol. The quantitative estimate of drug-likeness (QED) is 0.478. The van der Waals surface area contributed by atoms with Crippen LogP contribution in [-0.2, 0) is 29.0 Å². The zero-order valence-corrected chi connectivity index (χ0v) is 12.0. The van der Waals surface area contributed by atoms with Gasteiger partial charge in [0.2, 0.25) is 0 Å². The van der Waals surface area contributed by atoms with Crippen molar-refractivity contribution in [3.63, 3.8) is 0 Å². The Bertz CT molecular complexity index is 87.1. The van der Waals surface area contributed by atoms with Gasteiger partial charge in [0.1, 0.15) is 0 Å². The molecule has 0 aromatic heterocycles. The zero-order chi connectivity index (χ0) is 7.23. The molecule has 1 fully saturated rings. The predicted octanol–water partition coefficient (Wildman–Crippen LogP) is -1.24. The van der Waals surface area contributed by atoms with Gasteiger partial charge in [-0.2, -0.15) is 6.42 Å². The van der Waals surface area contributed by atoms with Gasteiger partial charge in [-0.15, -0.1) is 0 Å². The molecule has 1 rings (SSSR count). The van der Waals surface area contributed by atoms with Crippen molar-refractivity contribution in [1.29, 1.82) is 0 Å². The minimum Gasteiger partial charge on any atom is -1.00 e. The van der Waals surface area contributed by atoms with Crippen molar-refractivity contribution in [3.8, 4) is 0 Å². The van der Waals surface area contributed by atoms with Crippen molar-refractivity contribution in [1.82, 2.24) is 0 Å². The van der Waals surface area contributed by atoms with Crippen LogP contribution in [0.4, 0.5) is 0 Å². The maximum Gasteiger partial charge on any atom is 2.00 e. The summed E-state index contributed by atoms with van der Waals surface area (Å²) in [4.78, 5) is 0. The molecule has 1 aliphatic heterocycles. The van der Waals surface area contributed by atoms with Crippen molar-refractivity contribution in [2.75, 3.05) is 13.2 Å². The van der Waals surface area contributed by atoms with E-state index in [0.29, 0.717) is 0 Å². The third kappa shape index (κ3) is 6.53. The average molecular weight is 288 g/mol. The Morgan fingerprint density at radius 3 is 2.67 bits per heavy atom. The van der Waals surface area contributed by atoms with Crippen LogP contribution in [0.2, 0.25) is 0 Å². The van der Waals surface area contributed by atoms with E-state index in [-0.39, 0.29) is 42.7 Å². The van der Waals surface area contributed by atoms with E-state index in [4.69, 9.17) is 9.47 Å². The molecule has 0 aromatic carbocycles. The van der Waals surface area contributed by atoms with Gasteiger partial charge < -0.3 is 33.4 Å². The van der Waals surface area contributed by atoms with E-state index in [1.165, 1.54) is 12.8 Å². The Morgan fingerprint density at radius 2 is 2.17 bits per heavy atom. The Balaban J connectivity index is 0. The van der Waals surface area contributed by atoms with Crippen LogP contribution in [-0.4, -0.2) is 19.5 Å². The van der Waals surface area contributed by atoms with Gasteiger partial charge in [-0.3, -0.25) is 0 Å². The molecule has 0 bridgehead atoms. The second-order valence-corrected chi connectivity index (χ2v) is 2.52. The SMILES string of the molecule is [Br-].[CH2-]CCOC1CCCCO1.[Zn+2]. The monoisotopic (exact) mass is 286 g/mol. The minimum absolute atomic E-state index is 0. The Labute approximate surface area is 97.9 Å². The first-order valence-electron chi connectivity index (χ1n) is 3.96. The van der Waals surface area contributed by atoms with Gasteiger partial charge in [0.25, 0.3) is 0 Å². The molecule has 1 aliphatic rings. The number of hydrogen-bond acceptors (Lipinski definition) is 2. The fourth-order valence-electron chi connectivity index (χ4n) is 1.06. The van der Waals surface area contributed by atoms with Crippen LogP contribution in [0.5, 0.6) is 0 Å². The van der Waals surface area contributed by atoms with Gasteiger partial charge in [-0.1, -0.05) is 0 Å². The smallest absolute Gasteiger partial charge is 1.00 e. The molecule has 1 saturated heterocycles. The summed E-state index contributed by atoms with van der Waals surface area (Å²) in [5.74, 6) is 0. The molecule has 0 N–H and O–H groups in total. The Hall–Kier alpha value is 1.02. The van der Waals surface area contributed by atoms with Gasteiger partial charge in [0, 0.05) is 13.2 Å². The van der Waals surface area contributed by atoms with E-state index < -0.39 is 0 Å². The molecule has 1 unspecified atom stereocenters.